The third-order valence-electron chi connectivity index (χ3n) is 5.57. The summed E-state index contributed by atoms with van der Waals surface area (Å²) in [4.78, 5) is 24.5. The lowest BCUT2D eigenvalue weighted by molar-refractivity contribution is -0.116. The summed E-state index contributed by atoms with van der Waals surface area (Å²) in [6, 6.07) is 25.6. The number of thioether (sulfide) groups is 1. The zero-order valence-corrected chi connectivity index (χ0v) is 18.7. The molecule has 0 saturated heterocycles. The fraction of sp³-hybridized carbons (Fsp3) is 0.154. The monoisotopic (exact) mass is 454 g/mol. The molecule has 2 heterocycles. The molecule has 1 aromatic heterocycles. The van der Waals surface area contributed by atoms with E-state index in [9.17, 15) is 9.59 Å². The molecule has 4 aromatic rings. The van der Waals surface area contributed by atoms with E-state index in [1.54, 1.807) is 6.07 Å². The summed E-state index contributed by atoms with van der Waals surface area (Å²) in [7, 11) is 0. The lowest BCUT2D eigenvalue weighted by Gasteiger charge is -2.17. The van der Waals surface area contributed by atoms with E-state index in [4.69, 9.17) is 0 Å². The number of aryl methyl sites for hydroxylation is 1. The average Bonchev–Trinajstić information content (AvgIpc) is 3.25. The van der Waals surface area contributed by atoms with Gasteiger partial charge < -0.3 is 5.32 Å². The molecule has 3 aromatic carbocycles. The number of hydrogen-bond donors (Lipinski definition) is 1. The number of carbonyl (C=O) groups is 2. The molecule has 1 amide bonds. The minimum Gasteiger partial charge on any atom is -0.326 e. The van der Waals surface area contributed by atoms with Crippen molar-refractivity contribution in [2.45, 2.75) is 24.4 Å². The maximum atomic E-state index is 12.9. The third-order valence-corrected chi connectivity index (χ3v) is 6.50. The summed E-state index contributed by atoms with van der Waals surface area (Å²) in [5, 5.41) is 12.4. The van der Waals surface area contributed by atoms with Crippen molar-refractivity contribution < 1.29 is 9.59 Å². The Kier molecular flexibility index (Phi) is 6.04. The Bertz CT molecular complexity index is 1300. The predicted octanol–water partition coefficient (Wildman–Crippen LogP) is 4.72. The van der Waals surface area contributed by atoms with Crippen LogP contribution >= 0.6 is 11.8 Å². The molecule has 33 heavy (non-hydrogen) atoms. The second-order valence-corrected chi connectivity index (χ2v) is 8.81. The Labute approximate surface area is 196 Å². The summed E-state index contributed by atoms with van der Waals surface area (Å²) in [6.07, 6.45) is 1.75. The lowest BCUT2D eigenvalue weighted by Crippen LogP contribution is -2.19. The molecule has 1 N–H and O–H groups in total. The molecule has 0 saturated carbocycles. The van der Waals surface area contributed by atoms with E-state index in [2.05, 4.69) is 27.6 Å². The number of aromatic nitrogens is 3. The van der Waals surface area contributed by atoms with Crippen molar-refractivity contribution >= 4 is 29.1 Å². The van der Waals surface area contributed by atoms with Crippen molar-refractivity contribution in [3.8, 4) is 5.69 Å². The van der Waals surface area contributed by atoms with E-state index in [1.165, 1.54) is 11.8 Å². The van der Waals surface area contributed by atoms with Gasteiger partial charge in [0.1, 0.15) is 5.82 Å². The second kappa shape index (κ2) is 9.42. The molecule has 1 aliphatic heterocycles. The first-order valence-electron chi connectivity index (χ1n) is 10.8. The van der Waals surface area contributed by atoms with E-state index in [0.29, 0.717) is 30.0 Å². The molecule has 0 radical (unpaired) electrons. The number of benzene rings is 3. The van der Waals surface area contributed by atoms with E-state index in [-0.39, 0.29) is 17.4 Å². The van der Waals surface area contributed by atoms with Gasteiger partial charge in [0.25, 0.3) is 0 Å². The molecule has 0 bridgehead atoms. The number of Topliss-reactive ketones (excluding diaryl/α,β-unsaturated/α-hetero) is 1. The topological polar surface area (TPSA) is 76.9 Å². The van der Waals surface area contributed by atoms with Crippen LogP contribution in [0.1, 0.15) is 33.7 Å². The fourth-order valence-electron chi connectivity index (χ4n) is 3.89. The van der Waals surface area contributed by atoms with E-state index < -0.39 is 0 Å². The smallest absolute Gasteiger partial charge is 0.224 e. The molecule has 0 aliphatic carbocycles. The first-order valence-corrected chi connectivity index (χ1v) is 11.8. The van der Waals surface area contributed by atoms with Crippen LogP contribution in [-0.4, -0.2) is 32.2 Å². The van der Waals surface area contributed by atoms with Crippen molar-refractivity contribution in [3.05, 3.63) is 101 Å². The van der Waals surface area contributed by atoms with Gasteiger partial charge in [-0.2, -0.15) is 0 Å². The van der Waals surface area contributed by atoms with Gasteiger partial charge >= 0.3 is 0 Å². The van der Waals surface area contributed by atoms with Gasteiger partial charge in [-0.1, -0.05) is 60.3 Å². The zero-order chi connectivity index (χ0) is 22.6. The van der Waals surface area contributed by atoms with Crippen molar-refractivity contribution in [1.29, 1.82) is 0 Å². The minimum absolute atomic E-state index is 0.0173. The van der Waals surface area contributed by atoms with Crippen LogP contribution in [0, 0.1) is 0 Å². The first-order chi connectivity index (χ1) is 16.2. The van der Waals surface area contributed by atoms with E-state index in [1.807, 2.05) is 65.2 Å². The minimum atomic E-state index is 0.0173. The number of rotatable bonds is 7. The summed E-state index contributed by atoms with van der Waals surface area (Å²) < 4.78 is 2.02. The lowest BCUT2D eigenvalue weighted by atomic mass is 9.99. The number of hydrogen-bond acceptors (Lipinski definition) is 5. The van der Waals surface area contributed by atoms with Crippen LogP contribution in [0.4, 0.5) is 5.69 Å². The number of amides is 1. The fourth-order valence-corrected chi connectivity index (χ4v) is 4.76. The highest BCUT2D eigenvalue weighted by Crippen LogP contribution is 2.27. The average molecular weight is 455 g/mol. The van der Waals surface area contributed by atoms with Crippen LogP contribution in [0.3, 0.4) is 0 Å². The Morgan fingerprint density at radius 2 is 1.70 bits per heavy atom. The van der Waals surface area contributed by atoms with Gasteiger partial charge in [0.15, 0.2) is 10.9 Å². The Morgan fingerprint density at radius 1 is 0.939 bits per heavy atom. The Morgan fingerprint density at radius 3 is 2.48 bits per heavy atom. The molecule has 1 aliphatic rings. The highest BCUT2D eigenvalue weighted by atomic mass is 32.2. The van der Waals surface area contributed by atoms with E-state index >= 15 is 0 Å². The SMILES string of the molecule is O=C1CCc2cc(C(=O)CSc3nnc(Cc4ccccc4)n3-c3ccccc3)ccc2N1. The van der Waals surface area contributed by atoms with Crippen molar-refractivity contribution in [2.75, 3.05) is 11.1 Å². The Balaban J connectivity index is 1.37. The quantitative estimate of drug-likeness (QED) is 0.323. The van der Waals surface area contributed by atoms with Crippen LogP contribution < -0.4 is 5.32 Å². The van der Waals surface area contributed by atoms with Crippen molar-refractivity contribution in [1.82, 2.24) is 14.8 Å². The summed E-state index contributed by atoms with van der Waals surface area (Å²) in [5.74, 6) is 1.11. The largest absolute Gasteiger partial charge is 0.326 e. The van der Waals surface area contributed by atoms with Gasteiger partial charge in [-0.3, -0.25) is 14.2 Å². The molecule has 0 fully saturated rings. The highest BCUT2D eigenvalue weighted by Gasteiger charge is 2.19. The van der Waals surface area contributed by atoms with Crippen LogP contribution in [0.5, 0.6) is 0 Å². The van der Waals surface area contributed by atoms with Crippen molar-refractivity contribution in [2.24, 2.45) is 0 Å². The summed E-state index contributed by atoms with van der Waals surface area (Å²) >= 11 is 1.38. The van der Waals surface area contributed by atoms with Gasteiger partial charge in [-0.25, -0.2) is 0 Å². The van der Waals surface area contributed by atoms with Gasteiger partial charge in [-0.15, -0.1) is 10.2 Å². The summed E-state index contributed by atoms with van der Waals surface area (Å²) in [5.41, 5.74) is 4.56. The van der Waals surface area contributed by atoms with Gasteiger partial charge in [0.2, 0.25) is 5.91 Å². The number of para-hydroxylation sites is 1. The number of anilines is 1. The number of carbonyl (C=O) groups excluding carboxylic acids is 2. The van der Waals surface area contributed by atoms with Gasteiger partial charge in [-0.05, 0) is 47.9 Å². The maximum absolute atomic E-state index is 12.9. The van der Waals surface area contributed by atoms with Gasteiger partial charge in [0.05, 0.1) is 5.75 Å². The molecule has 6 nitrogen and oxygen atoms in total. The van der Waals surface area contributed by atoms with Crippen LogP contribution in [0.2, 0.25) is 0 Å². The molecule has 7 heteroatoms. The number of fused-ring (bicyclic) bond motifs is 1. The molecule has 5 rings (SSSR count). The molecule has 164 valence electrons. The zero-order valence-electron chi connectivity index (χ0n) is 17.9. The first kappa shape index (κ1) is 21.2. The van der Waals surface area contributed by atoms with Crippen LogP contribution in [0.15, 0.2) is 84.0 Å². The van der Waals surface area contributed by atoms with Crippen LogP contribution in [-0.2, 0) is 17.6 Å². The number of nitrogens with one attached hydrogen (secondary N) is 1. The van der Waals surface area contributed by atoms with E-state index in [0.717, 1.165) is 28.3 Å². The number of nitrogens with zero attached hydrogens (tertiary/aromatic N) is 3. The predicted molar refractivity (Wildman–Crippen MR) is 129 cm³/mol. The molecule has 0 spiro atoms. The molecule has 0 unspecified atom stereocenters. The molecular weight excluding hydrogens is 432 g/mol. The third kappa shape index (κ3) is 4.73. The standard InChI is InChI=1S/C26H22N4O2S/c31-23(20-11-13-22-19(16-20)12-14-25(32)27-22)17-33-26-29-28-24(15-18-7-3-1-4-8-18)30(26)21-9-5-2-6-10-21/h1-11,13,16H,12,14-15,17H2,(H,27,32). The Hall–Kier alpha value is -3.71. The molecular formula is C26H22N4O2S. The van der Waals surface area contributed by atoms with Crippen LogP contribution in [0.25, 0.3) is 5.69 Å². The number of ketones is 1. The molecule has 0 atom stereocenters. The maximum Gasteiger partial charge on any atom is 0.224 e. The second-order valence-electron chi connectivity index (χ2n) is 7.86. The normalized spacial score (nSPS) is 12.8. The van der Waals surface area contributed by atoms with Crippen molar-refractivity contribution in [3.63, 3.8) is 0 Å². The van der Waals surface area contributed by atoms with Gasteiger partial charge in [0, 0.05) is 29.8 Å². The summed E-state index contributed by atoms with van der Waals surface area (Å²) in [6.45, 7) is 0. The highest BCUT2D eigenvalue weighted by molar-refractivity contribution is 7.99.